The normalized spacial score (nSPS) is 11.6. The van der Waals surface area contributed by atoms with Crippen LogP contribution in [0.5, 0.6) is 11.5 Å². The summed E-state index contributed by atoms with van der Waals surface area (Å²) >= 11 is 1.15. The van der Waals surface area contributed by atoms with Crippen LogP contribution >= 0.6 is 11.3 Å². The van der Waals surface area contributed by atoms with Gasteiger partial charge in [0.2, 0.25) is 0 Å². The number of hydrogen-bond donors (Lipinski definition) is 1. The van der Waals surface area contributed by atoms with Crippen molar-refractivity contribution in [1.82, 2.24) is 4.98 Å². The first-order valence-electron chi connectivity index (χ1n) is 8.43. The molecule has 0 spiro atoms. The standard InChI is InChI=1S/C20H15F2N3O3S/c1-12(27-14-6-4-5-13(9-14)10-23)18(26)25-20-24-16(11-29-20)15-7-2-3-8-17(15)28-19(21)22/h2-9,11-12,19H,1H3,(H,24,25,26). The van der Waals surface area contributed by atoms with Gasteiger partial charge >= 0.3 is 6.61 Å². The molecular weight excluding hydrogens is 400 g/mol. The number of carbonyl (C=O) groups excluding carboxylic acids is 1. The van der Waals surface area contributed by atoms with Crippen molar-refractivity contribution in [2.45, 2.75) is 19.6 Å². The molecular formula is C20H15F2N3O3S. The minimum absolute atomic E-state index is 0.000229. The van der Waals surface area contributed by atoms with Crippen molar-refractivity contribution in [2.24, 2.45) is 0 Å². The van der Waals surface area contributed by atoms with Crippen LogP contribution in [0, 0.1) is 11.3 Å². The molecule has 29 heavy (non-hydrogen) atoms. The molecule has 1 amide bonds. The number of para-hydroxylation sites is 1. The molecule has 148 valence electrons. The fraction of sp³-hybridized carbons (Fsp3) is 0.150. The maximum absolute atomic E-state index is 12.6. The summed E-state index contributed by atoms with van der Waals surface area (Å²) < 4.78 is 35.2. The Morgan fingerprint density at radius 3 is 2.76 bits per heavy atom. The maximum Gasteiger partial charge on any atom is 0.387 e. The monoisotopic (exact) mass is 415 g/mol. The van der Waals surface area contributed by atoms with E-state index in [4.69, 9.17) is 10.00 Å². The van der Waals surface area contributed by atoms with Gasteiger partial charge in [-0.2, -0.15) is 14.0 Å². The van der Waals surface area contributed by atoms with Crippen LogP contribution in [0.25, 0.3) is 11.3 Å². The molecule has 1 atom stereocenters. The molecule has 1 aromatic heterocycles. The fourth-order valence-electron chi connectivity index (χ4n) is 2.44. The van der Waals surface area contributed by atoms with Gasteiger partial charge in [-0.15, -0.1) is 11.3 Å². The van der Waals surface area contributed by atoms with E-state index in [-0.39, 0.29) is 10.9 Å². The number of nitrogens with one attached hydrogen (secondary N) is 1. The van der Waals surface area contributed by atoms with Gasteiger partial charge in [-0.3, -0.25) is 10.1 Å². The molecule has 0 saturated heterocycles. The summed E-state index contributed by atoms with van der Waals surface area (Å²) in [5.74, 6) is -0.0465. The summed E-state index contributed by atoms with van der Waals surface area (Å²) in [6.45, 7) is -1.39. The third-order valence-electron chi connectivity index (χ3n) is 3.76. The molecule has 3 rings (SSSR count). The number of thiazole rings is 1. The first kappa shape index (κ1) is 20.2. The Bertz CT molecular complexity index is 1050. The predicted octanol–water partition coefficient (Wildman–Crippen LogP) is 4.69. The van der Waals surface area contributed by atoms with Gasteiger partial charge in [0.15, 0.2) is 11.2 Å². The Kier molecular flexibility index (Phi) is 6.36. The summed E-state index contributed by atoms with van der Waals surface area (Å²) in [7, 11) is 0. The topological polar surface area (TPSA) is 84.2 Å². The van der Waals surface area contributed by atoms with Gasteiger partial charge in [0, 0.05) is 10.9 Å². The molecule has 0 aliphatic rings. The van der Waals surface area contributed by atoms with Crippen LogP contribution in [0.3, 0.4) is 0 Å². The largest absolute Gasteiger partial charge is 0.481 e. The van der Waals surface area contributed by atoms with Crippen LogP contribution in [0.1, 0.15) is 12.5 Å². The Labute approximate surface area is 169 Å². The summed E-state index contributed by atoms with van der Waals surface area (Å²) in [5, 5.41) is 13.5. The van der Waals surface area contributed by atoms with Gasteiger partial charge in [-0.05, 0) is 37.3 Å². The minimum Gasteiger partial charge on any atom is -0.481 e. The van der Waals surface area contributed by atoms with Gasteiger partial charge in [0.25, 0.3) is 5.91 Å². The lowest BCUT2D eigenvalue weighted by Gasteiger charge is -2.13. The predicted molar refractivity (Wildman–Crippen MR) is 104 cm³/mol. The number of hydrogen-bond acceptors (Lipinski definition) is 6. The van der Waals surface area contributed by atoms with E-state index < -0.39 is 18.6 Å². The molecule has 0 bridgehead atoms. The van der Waals surface area contributed by atoms with Crippen molar-refractivity contribution in [3.63, 3.8) is 0 Å². The number of ether oxygens (including phenoxy) is 2. The lowest BCUT2D eigenvalue weighted by molar-refractivity contribution is -0.122. The lowest BCUT2D eigenvalue weighted by atomic mass is 10.1. The Balaban J connectivity index is 1.68. The molecule has 2 aromatic carbocycles. The average Bonchev–Trinajstić information content (AvgIpc) is 3.16. The van der Waals surface area contributed by atoms with Crippen LogP contribution in [0.2, 0.25) is 0 Å². The third kappa shape index (κ3) is 5.27. The molecule has 3 aromatic rings. The van der Waals surface area contributed by atoms with Gasteiger partial charge in [-0.1, -0.05) is 18.2 Å². The first-order valence-corrected chi connectivity index (χ1v) is 9.31. The molecule has 1 N–H and O–H groups in total. The zero-order chi connectivity index (χ0) is 20.8. The van der Waals surface area contributed by atoms with E-state index in [1.54, 1.807) is 48.7 Å². The van der Waals surface area contributed by atoms with E-state index in [1.807, 2.05) is 6.07 Å². The van der Waals surface area contributed by atoms with Crippen LogP contribution in [-0.2, 0) is 4.79 Å². The van der Waals surface area contributed by atoms with Crippen LogP contribution in [0.4, 0.5) is 13.9 Å². The first-order chi connectivity index (χ1) is 14.0. The van der Waals surface area contributed by atoms with Gasteiger partial charge in [0.1, 0.15) is 11.5 Å². The molecule has 6 nitrogen and oxygen atoms in total. The fourth-order valence-corrected chi connectivity index (χ4v) is 3.15. The molecule has 0 aliphatic heterocycles. The molecule has 0 saturated carbocycles. The SMILES string of the molecule is CC(Oc1cccc(C#N)c1)C(=O)Nc1nc(-c2ccccc2OC(F)F)cs1. The Hall–Kier alpha value is -3.51. The third-order valence-corrected chi connectivity index (χ3v) is 4.52. The highest BCUT2D eigenvalue weighted by Crippen LogP contribution is 2.33. The summed E-state index contributed by atoms with van der Waals surface area (Å²) in [6, 6.07) is 14.7. The van der Waals surface area contributed by atoms with Crippen molar-refractivity contribution in [2.75, 3.05) is 5.32 Å². The summed E-state index contributed by atoms with van der Waals surface area (Å²) in [6.07, 6.45) is -0.842. The molecule has 9 heteroatoms. The quantitative estimate of drug-likeness (QED) is 0.605. The molecule has 1 unspecified atom stereocenters. The van der Waals surface area contributed by atoms with E-state index in [0.717, 1.165) is 11.3 Å². The van der Waals surface area contributed by atoms with Crippen LogP contribution in [0.15, 0.2) is 53.9 Å². The highest BCUT2D eigenvalue weighted by atomic mass is 32.1. The number of alkyl halides is 2. The summed E-state index contributed by atoms with van der Waals surface area (Å²) in [5.41, 5.74) is 1.21. The van der Waals surface area contributed by atoms with E-state index in [0.29, 0.717) is 22.6 Å². The molecule has 0 aliphatic carbocycles. The van der Waals surface area contributed by atoms with Crippen LogP contribution < -0.4 is 14.8 Å². The number of nitriles is 1. The number of carbonyl (C=O) groups is 1. The zero-order valence-electron chi connectivity index (χ0n) is 15.1. The molecule has 0 radical (unpaired) electrons. The Morgan fingerprint density at radius 1 is 1.21 bits per heavy atom. The highest BCUT2D eigenvalue weighted by molar-refractivity contribution is 7.14. The number of nitrogens with zero attached hydrogens (tertiary/aromatic N) is 2. The van der Waals surface area contributed by atoms with Gasteiger partial charge in [-0.25, -0.2) is 4.98 Å². The molecule has 0 fully saturated rings. The Morgan fingerprint density at radius 2 is 2.00 bits per heavy atom. The van der Waals surface area contributed by atoms with E-state index >= 15 is 0 Å². The van der Waals surface area contributed by atoms with Crippen molar-refractivity contribution in [1.29, 1.82) is 5.26 Å². The average molecular weight is 415 g/mol. The van der Waals surface area contributed by atoms with Crippen LogP contribution in [-0.4, -0.2) is 23.6 Å². The van der Waals surface area contributed by atoms with Crippen molar-refractivity contribution >= 4 is 22.4 Å². The van der Waals surface area contributed by atoms with Crippen molar-refractivity contribution < 1.29 is 23.0 Å². The van der Waals surface area contributed by atoms with Gasteiger partial charge in [0.05, 0.1) is 17.3 Å². The highest BCUT2D eigenvalue weighted by Gasteiger charge is 2.18. The van der Waals surface area contributed by atoms with Crippen molar-refractivity contribution in [3.05, 3.63) is 59.5 Å². The number of halogens is 2. The zero-order valence-corrected chi connectivity index (χ0v) is 16.0. The number of benzene rings is 2. The van der Waals surface area contributed by atoms with E-state index in [9.17, 15) is 13.6 Å². The molecule has 1 heterocycles. The number of amides is 1. The summed E-state index contributed by atoms with van der Waals surface area (Å²) in [4.78, 5) is 16.6. The van der Waals surface area contributed by atoms with E-state index in [2.05, 4.69) is 15.0 Å². The maximum atomic E-state index is 12.6. The number of aromatic nitrogens is 1. The second-order valence-corrected chi connectivity index (χ2v) is 6.66. The van der Waals surface area contributed by atoms with Crippen molar-refractivity contribution in [3.8, 4) is 28.8 Å². The number of anilines is 1. The second-order valence-electron chi connectivity index (χ2n) is 5.80. The lowest BCUT2D eigenvalue weighted by Crippen LogP contribution is -2.30. The number of rotatable bonds is 7. The second kappa shape index (κ2) is 9.12. The smallest absolute Gasteiger partial charge is 0.387 e. The van der Waals surface area contributed by atoms with Gasteiger partial charge < -0.3 is 9.47 Å². The van der Waals surface area contributed by atoms with E-state index in [1.165, 1.54) is 12.1 Å². The minimum atomic E-state index is -2.95.